The predicted octanol–water partition coefficient (Wildman–Crippen LogP) is 0.244. The van der Waals surface area contributed by atoms with E-state index in [1.807, 2.05) is 18.9 Å². The number of carbonyl (C=O) groups is 1. The van der Waals surface area contributed by atoms with Crippen molar-refractivity contribution in [1.82, 2.24) is 19.8 Å². The molecule has 5 nitrogen and oxygen atoms in total. The highest BCUT2D eigenvalue weighted by Gasteiger charge is 2.27. The second-order valence-electron chi connectivity index (χ2n) is 4.13. The summed E-state index contributed by atoms with van der Waals surface area (Å²) in [7, 11) is 1.85. The lowest BCUT2D eigenvalue weighted by Crippen LogP contribution is -2.42. The van der Waals surface area contributed by atoms with Crippen molar-refractivity contribution >= 4 is 5.91 Å². The molecule has 1 aromatic heterocycles. The zero-order chi connectivity index (χ0) is 11.5. The molecule has 0 spiro atoms. The third-order valence-electron chi connectivity index (χ3n) is 3.11. The minimum atomic E-state index is 0.0798. The van der Waals surface area contributed by atoms with Crippen molar-refractivity contribution in [2.24, 2.45) is 7.05 Å². The summed E-state index contributed by atoms with van der Waals surface area (Å²) in [5, 5.41) is 3.29. The molecule has 0 saturated carbocycles. The van der Waals surface area contributed by atoms with Gasteiger partial charge in [0, 0.05) is 26.2 Å². The van der Waals surface area contributed by atoms with Gasteiger partial charge in [0.2, 0.25) is 0 Å². The smallest absolute Gasteiger partial charge is 0.272 e. The van der Waals surface area contributed by atoms with Gasteiger partial charge < -0.3 is 14.8 Å². The summed E-state index contributed by atoms with van der Waals surface area (Å²) in [6.07, 6.45) is 4.33. The van der Waals surface area contributed by atoms with E-state index in [2.05, 4.69) is 10.3 Å². The van der Waals surface area contributed by atoms with Crippen LogP contribution in [0.25, 0.3) is 0 Å². The van der Waals surface area contributed by atoms with Crippen molar-refractivity contribution < 1.29 is 4.79 Å². The lowest BCUT2D eigenvalue weighted by molar-refractivity contribution is 0.0694. The maximum Gasteiger partial charge on any atom is 0.272 e. The highest BCUT2D eigenvalue weighted by molar-refractivity contribution is 5.92. The fourth-order valence-corrected chi connectivity index (χ4v) is 2.18. The van der Waals surface area contributed by atoms with Gasteiger partial charge in [-0.1, -0.05) is 0 Å². The quantitative estimate of drug-likeness (QED) is 0.797. The van der Waals surface area contributed by atoms with E-state index >= 15 is 0 Å². The first-order chi connectivity index (χ1) is 7.74. The second kappa shape index (κ2) is 4.65. The Morgan fingerprint density at radius 3 is 3.06 bits per heavy atom. The van der Waals surface area contributed by atoms with Gasteiger partial charge in [-0.05, 0) is 19.9 Å². The molecule has 1 fully saturated rings. The number of carbonyl (C=O) groups excluding carboxylic acids is 1. The Balaban J connectivity index is 2.15. The van der Waals surface area contributed by atoms with Crippen LogP contribution in [0.2, 0.25) is 0 Å². The first-order valence-electron chi connectivity index (χ1n) is 5.72. The number of amides is 1. The Labute approximate surface area is 95.5 Å². The van der Waals surface area contributed by atoms with Gasteiger partial charge in [-0.15, -0.1) is 0 Å². The van der Waals surface area contributed by atoms with Crippen LogP contribution in [0.4, 0.5) is 0 Å². The molecule has 1 saturated heterocycles. The largest absolute Gasteiger partial charge is 0.333 e. The SMILES string of the molecule is CCN(C(=O)c1cncn1C)C1CCNC1. The van der Waals surface area contributed by atoms with Crippen LogP contribution in [0, 0.1) is 0 Å². The lowest BCUT2D eigenvalue weighted by Gasteiger charge is -2.27. The Kier molecular flexibility index (Phi) is 3.24. The van der Waals surface area contributed by atoms with Crippen LogP contribution in [-0.2, 0) is 7.05 Å². The molecule has 0 bridgehead atoms. The summed E-state index contributed by atoms with van der Waals surface area (Å²) in [5.41, 5.74) is 0.661. The van der Waals surface area contributed by atoms with Crippen LogP contribution >= 0.6 is 0 Å². The van der Waals surface area contributed by atoms with Gasteiger partial charge >= 0.3 is 0 Å². The Morgan fingerprint density at radius 2 is 2.56 bits per heavy atom. The molecule has 88 valence electrons. The van der Waals surface area contributed by atoms with Gasteiger partial charge in [-0.2, -0.15) is 0 Å². The third-order valence-corrected chi connectivity index (χ3v) is 3.11. The van der Waals surface area contributed by atoms with Crippen LogP contribution in [0.3, 0.4) is 0 Å². The number of rotatable bonds is 3. The summed E-state index contributed by atoms with van der Waals surface area (Å²) in [4.78, 5) is 18.2. The number of likely N-dealkylation sites (N-methyl/N-ethyl adjacent to an activating group) is 1. The van der Waals surface area contributed by atoms with Gasteiger partial charge in [-0.3, -0.25) is 4.79 Å². The summed E-state index contributed by atoms with van der Waals surface area (Å²) in [6, 6.07) is 0.326. The minimum absolute atomic E-state index is 0.0798. The van der Waals surface area contributed by atoms with Crippen molar-refractivity contribution in [3.8, 4) is 0 Å². The van der Waals surface area contributed by atoms with Crippen LogP contribution in [0.5, 0.6) is 0 Å². The van der Waals surface area contributed by atoms with Gasteiger partial charge in [-0.25, -0.2) is 4.98 Å². The minimum Gasteiger partial charge on any atom is -0.333 e. The summed E-state index contributed by atoms with van der Waals surface area (Å²) >= 11 is 0. The molecular formula is C11H18N4O. The van der Waals surface area contributed by atoms with Crippen LogP contribution in [0.15, 0.2) is 12.5 Å². The second-order valence-corrected chi connectivity index (χ2v) is 4.13. The molecule has 1 unspecified atom stereocenters. The number of aryl methyl sites for hydroxylation is 1. The summed E-state index contributed by atoms with van der Waals surface area (Å²) < 4.78 is 1.77. The predicted molar refractivity (Wildman–Crippen MR) is 61.2 cm³/mol. The summed E-state index contributed by atoms with van der Waals surface area (Å²) in [5.74, 6) is 0.0798. The van der Waals surface area contributed by atoms with E-state index in [1.165, 1.54) is 0 Å². The zero-order valence-corrected chi connectivity index (χ0v) is 9.81. The average molecular weight is 222 g/mol. The zero-order valence-electron chi connectivity index (χ0n) is 9.81. The molecule has 16 heavy (non-hydrogen) atoms. The number of nitrogens with zero attached hydrogens (tertiary/aromatic N) is 3. The van der Waals surface area contributed by atoms with E-state index in [1.54, 1.807) is 17.1 Å². The van der Waals surface area contributed by atoms with Crippen LogP contribution < -0.4 is 5.32 Å². The molecule has 1 atom stereocenters. The maximum absolute atomic E-state index is 12.3. The standard InChI is InChI=1S/C11H18N4O/c1-3-15(9-4-5-12-6-9)11(16)10-7-13-8-14(10)2/h7-9,12H,3-6H2,1-2H3. The first-order valence-corrected chi connectivity index (χ1v) is 5.72. The van der Waals surface area contributed by atoms with Gasteiger partial charge in [0.1, 0.15) is 5.69 Å². The fourth-order valence-electron chi connectivity index (χ4n) is 2.18. The van der Waals surface area contributed by atoms with Crippen molar-refractivity contribution in [2.45, 2.75) is 19.4 Å². The topological polar surface area (TPSA) is 50.2 Å². The Morgan fingerprint density at radius 1 is 1.75 bits per heavy atom. The van der Waals surface area contributed by atoms with Gasteiger partial charge in [0.25, 0.3) is 5.91 Å². The highest BCUT2D eigenvalue weighted by atomic mass is 16.2. The Hall–Kier alpha value is -1.36. The third kappa shape index (κ3) is 1.95. The first kappa shape index (κ1) is 11.1. The summed E-state index contributed by atoms with van der Waals surface area (Å²) in [6.45, 7) is 4.67. The fraction of sp³-hybridized carbons (Fsp3) is 0.636. The van der Waals surface area contributed by atoms with Crippen molar-refractivity contribution in [1.29, 1.82) is 0 Å². The lowest BCUT2D eigenvalue weighted by atomic mass is 10.2. The van der Waals surface area contributed by atoms with Gasteiger partial charge in [0.15, 0.2) is 0 Å². The molecule has 5 heteroatoms. The molecule has 1 aliphatic rings. The monoisotopic (exact) mass is 222 g/mol. The number of nitrogens with one attached hydrogen (secondary N) is 1. The molecular weight excluding hydrogens is 204 g/mol. The molecule has 0 aliphatic carbocycles. The molecule has 2 heterocycles. The van der Waals surface area contributed by atoms with E-state index in [0.717, 1.165) is 26.1 Å². The van der Waals surface area contributed by atoms with E-state index in [-0.39, 0.29) is 5.91 Å². The normalized spacial score (nSPS) is 20.0. The van der Waals surface area contributed by atoms with Crippen LogP contribution in [0.1, 0.15) is 23.8 Å². The molecule has 1 aliphatic heterocycles. The Bertz CT molecular complexity index is 368. The van der Waals surface area contributed by atoms with E-state index in [9.17, 15) is 4.79 Å². The molecule has 0 aromatic carbocycles. The van der Waals surface area contributed by atoms with E-state index in [4.69, 9.17) is 0 Å². The van der Waals surface area contributed by atoms with Gasteiger partial charge in [0.05, 0.1) is 12.5 Å². The maximum atomic E-state index is 12.3. The van der Waals surface area contributed by atoms with Crippen LogP contribution in [-0.4, -0.2) is 46.0 Å². The average Bonchev–Trinajstić information content (AvgIpc) is 2.90. The van der Waals surface area contributed by atoms with E-state index in [0.29, 0.717) is 11.7 Å². The molecule has 2 rings (SSSR count). The van der Waals surface area contributed by atoms with Crippen molar-refractivity contribution in [3.63, 3.8) is 0 Å². The number of hydrogen-bond acceptors (Lipinski definition) is 3. The number of imidazole rings is 1. The van der Waals surface area contributed by atoms with Crippen molar-refractivity contribution in [2.75, 3.05) is 19.6 Å². The molecule has 1 aromatic rings. The highest BCUT2D eigenvalue weighted by Crippen LogP contribution is 2.12. The van der Waals surface area contributed by atoms with E-state index < -0.39 is 0 Å². The molecule has 1 amide bonds. The molecule has 1 N–H and O–H groups in total. The van der Waals surface area contributed by atoms with Crippen molar-refractivity contribution in [3.05, 3.63) is 18.2 Å². The number of aromatic nitrogens is 2. The molecule has 0 radical (unpaired) electrons. The number of hydrogen-bond donors (Lipinski definition) is 1.